The minimum atomic E-state index is -0.316. The number of hydrogen-bond donors (Lipinski definition) is 1. The summed E-state index contributed by atoms with van der Waals surface area (Å²) >= 11 is 0. The Balaban J connectivity index is 0.00000320. The number of benzene rings is 4. The number of carbonyl (C=O) groups is 1. The molecule has 0 aliphatic carbocycles. The number of rotatable bonds is 8. The predicted molar refractivity (Wildman–Crippen MR) is 152 cm³/mol. The molecule has 5 nitrogen and oxygen atoms in total. The number of para-hydroxylation sites is 2. The van der Waals surface area contributed by atoms with Crippen molar-refractivity contribution < 1.29 is 14.3 Å². The van der Waals surface area contributed by atoms with Gasteiger partial charge in [0.25, 0.3) is 0 Å². The number of anilines is 1. The lowest BCUT2D eigenvalue weighted by molar-refractivity contribution is 0.0600. The number of nitrogens with zero attached hydrogens (tertiary/aromatic N) is 1. The molecule has 1 N–H and O–H groups in total. The molecule has 0 bridgehead atoms. The number of hydrogen-bond acceptors (Lipinski definition) is 5. The third-order valence-corrected chi connectivity index (χ3v) is 6.85. The van der Waals surface area contributed by atoms with Crippen LogP contribution in [0, 0.1) is 0 Å². The lowest BCUT2D eigenvalue weighted by Crippen LogP contribution is -2.41. The Morgan fingerprint density at radius 3 is 2.65 bits per heavy atom. The van der Waals surface area contributed by atoms with Gasteiger partial charge in [-0.1, -0.05) is 66.7 Å². The van der Waals surface area contributed by atoms with E-state index >= 15 is 0 Å². The van der Waals surface area contributed by atoms with Crippen molar-refractivity contribution in [3.05, 3.63) is 108 Å². The van der Waals surface area contributed by atoms with E-state index in [0.29, 0.717) is 12.1 Å². The summed E-state index contributed by atoms with van der Waals surface area (Å²) in [5, 5.41) is 6.26. The van der Waals surface area contributed by atoms with Crippen molar-refractivity contribution in [2.24, 2.45) is 0 Å². The Morgan fingerprint density at radius 2 is 1.78 bits per heavy atom. The van der Waals surface area contributed by atoms with Gasteiger partial charge in [0.1, 0.15) is 11.9 Å². The van der Waals surface area contributed by atoms with Gasteiger partial charge in [0.05, 0.1) is 24.9 Å². The highest BCUT2D eigenvalue weighted by Crippen LogP contribution is 2.35. The Hall–Kier alpha value is -3.54. The van der Waals surface area contributed by atoms with Crippen molar-refractivity contribution in [3.8, 4) is 5.75 Å². The third kappa shape index (κ3) is 6.07. The fraction of sp³-hybridized carbons (Fsp3) is 0.258. The zero-order chi connectivity index (χ0) is 24.9. The number of fused-ring (bicyclic) bond motifs is 2. The van der Waals surface area contributed by atoms with E-state index in [1.54, 1.807) is 6.07 Å². The average Bonchev–Trinajstić information content (AvgIpc) is 2.92. The first kappa shape index (κ1) is 26.5. The third-order valence-electron chi connectivity index (χ3n) is 6.85. The minimum absolute atomic E-state index is 0. The van der Waals surface area contributed by atoms with Crippen LogP contribution in [0.25, 0.3) is 10.8 Å². The fourth-order valence-corrected chi connectivity index (χ4v) is 5.01. The molecule has 0 amide bonds. The topological polar surface area (TPSA) is 50.8 Å². The molecule has 1 aliphatic heterocycles. The van der Waals surface area contributed by atoms with Gasteiger partial charge in [-0.25, -0.2) is 4.79 Å². The molecule has 0 saturated heterocycles. The molecule has 2 atom stereocenters. The van der Waals surface area contributed by atoms with Crippen molar-refractivity contribution in [2.45, 2.75) is 32.0 Å². The molecule has 1 heterocycles. The van der Waals surface area contributed by atoms with Crippen LogP contribution in [0.5, 0.6) is 5.75 Å². The summed E-state index contributed by atoms with van der Waals surface area (Å²) in [5.41, 5.74) is 4.03. The second-order valence-electron chi connectivity index (χ2n) is 9.31. The molecular formula is C31H33ClN2O3. The molecule has 0 radical (unpaired) electrons. The molecule has 6 heteroatoms. The SMILES string of the molecule is COC(=O)c1cccc(CN2CC(CCN[C@H](C)c3cccc4ccccc34)Oc3ccccc32)c1.Cl. The largest absolute Gasteiger partial charge is 0.486 e. The molecule has 0 fully saturated rings. The average molecular weight is 517 g/mol. The quantitative estimate of drug-likeness (QED) is 0.269. The van der Waals surface area contributed by atoms with E-state index in [1.807, 2.05) is 36.4 Å². The highest BCUT2D eigenvalue weighted by molar-refractivity contribution is 5.89. The molecule has 1 unspecified atom stereocenters. The fourth-order valence-electron chi connectivity index (χ4n) is 5.01. The first-order chi connectivity index (χ1) is 17.6. The molecular weight excluding hydrogens is 484 g/mol. The molecule has 0 spiro atoms. The molecule has 0 saturated carbocycles. The summed E-state index contributed by atoms with van der Waals surface area (Å²) in [6, 6.07) is 31.1. The molecule has 4 aromatic carbocycles. The van der Waals surface area contributed by atoms with Crippen LogP contribution in [0.15, 0.2) is 91.0 Å². The van der Waals surface area contributed by atoms with Crippen LogP contribution in [0.2, 0.25) is 0 Å². The van der Waals surface area contributed by atoms with Crippen LogP contribution >= 0.6 is 12.4 Å². The highest BCUT2D eigenvalue weighted by Gasteiger charge is 2.25. The van der Waals surface area contributed by atoms with E-state index in [1.165, 1.54) is 23.4 Å². The monoisotopic (exact) mass is 516 g/mol. The van der Waals surface area contributed by atoms with Gasteiger partial charge in [0.15, 0.2) is 0 Å². The number of nitrogens with one attached hydrogen (secondary N) is 1. The second-order valence-corrected chi connectivity index (χ2v) is 9.31. The highest BCUT2D eigenvalue weighted by atomic mass is 35.5. The maximum absolute atomic E-state index is 12.0. The van der Waals surface area contributed by atoms with Gasteiger partial charge >= 0.3 is 5.97 Å². The van der Waals surface area contributed by atoms with E-state index in [9.17, 15) is 4.79 Å². The van der Waals surface area contributed by atoms with Crippen molar-refractivity contribution >= 4 is 34.8 Å². The summed E-state index contributed by atoms with van der Waals surface area (Å²) in [7, 11) is 1.41. The van der Waals surface area contributed by atoms with Crippen LogP contribution in [0.1, 0.15) is 40.9 Å². The normalized spacial score (nSPS) is 15.3. The molecule has 1 aliphatic rings. The van der Waals surface area contributed by atoms with Gasteiger partial charge in [0, 0.05) is 12.6 Å². The number of methoxy groups -OCH3 is 1. The summed E-state index contributed by atoms with van der Waals surface area (Å²) in [6.45, 7) is 4.55. The van der Waals surface area contributed by atoms with Gasteiger partial charge < -0.3 is 19.7 Å². The number of ether oxygens (including phenoxy) is 2. The Labute approximate surface area is 224 Å². The van der Waals surface area contributed by atoms with Crippen LogP contribution in [-0.2, 0) is 11.3 Å². The first-order valence-electron chi connectivity index (χ1n) is 12.5. The summed E-state index contributed by atoms with van der Waals surface area (Å²) in [5.74, 6) is 0.587. The van der Waals surface area contributed by atoms with Crippen molar-refractivity contribution in [3.63, 3.8) is 0 Å². The van der Waals surface area contributed by atoms with E-state index < -0.39 is 0 Å². The molecule has 37 heavy (non-hydrogen) atoms. The Bertz CT molecular complexity index is 1350. The smallest absolute Gasteiger partial charge is 0.337 e. The minimum Gasteiger partial charge on any atom is -0.486 e. The summed E-state index contributed by atoms with van der Waals surface area (Å²) in [4.78, 5) is 14.3. The predicted octanol–water partition coefficient (Wildman–Crippen LogP) is 6.56. The van der Waals surface area contributed by atoms with Crippen molar-refractivity contribution in [1.29, 1.82) is 0 Å². The van der Waals surface area contributed by atoms with Gasteiger partial charge in [-0.05, 0) is 66.1 Å². The molecule has 5 rings (SSSR count). The van der Waals surface area contributed by atoms with Gasteiger partial charge in [0.2, 0.25) is 0 Å². The van der Waals surface area contributed by atoms with E-state index in [2.05, 4.69) is 65.7 Å². The van der Waals surface area contributed by atoms with Crippen LogP contribution in [-0.4, -0.2) is 32.3 Å². The number of esters is 1. The van der Waals surface area contributed by atoms with E-state index in [-0.39, 0.29) is 30.5 Å². The Kier molecular flexibility index (Phi) is 8.70. The standard InChI is InChI=1S/C31H32N2O3.ClH/c1-22(27-14-8-11-24-10-3-4-13-28(24)27)32-18-17-26-21-33(29-15-5-6-16-30(29)36-26)20-23-9-7-12-25(19-23)31(34)35-2;/h3-16,19,22,26,32H,17-18,20-21H2,1-2H3;1H/t22-,26?;/m1./s1. The van der Waals surface area contributed by atoms with E-state index in [0.717, 1.165) is 36.5 Å². The molecule has 192 valence electrons. The molecule has 0 aromatic heterocycles. The van der Waals surface area contributed by atoms with Gasteiger partial charge in [-0.3, -0.25) is 0 Å². The van der Waals surface area contributed by atoms with Crippen LogP contribution in [0.4, 0.5) is 5.69 Å². The molecule has 4 aromatic rings. The maximum atomic E-state index is 12.0. The number of halogens is 1. The lowest BCUT2D eigenvalue weighted by Gasteiger charge is -2.36. The summed E-state index contributed by atoms with van der Waals surface area (Å²) in [6.07, 6.45) is 0.957. The van der Waals surface area contributed by atoms with Gasteiger partial charge in [-0.2, -0.15) is 0 Å². The van der Waals surface area contributed by atoms with Crippen LogP contribution in [0.3, 0.4) is 0 Å². The van der Waals surface area contributed by atoms with E-state index in [4.69, 9.17) is 9.47 Å². The zero-order valence-electron chi connectivity index (χ0n) is 21.2. The lowest BCUT2D eigenvalue weighted by atomic mass is 9.99. The second kappa shape index (κ2) is 12.1. The number of carbonyl (C=O) groups excluding carboxylic acids is 1. The summed E-state index contributed by atoms with van der Waals surface area (Å²) < 4.78 is 11.3. The van der Waals surface area contributed by atoms with Crippen molar-refractivity contribution in [2.75, 3.05) is 25.1 Å². The maximum Gasteiger partial charge on any atom is 0.337 e. The zero-order valence-corrected chi connectivity index (χ0v) is 22.0. The Morgan fingerprint density at radius 1 is 1.03 bits per heavy atom. The first-order valence-corrected chi connectivity index (χ1v) is 12.5. The van der Waals surface area contributed by atoms with Crippen molar-refractivity contribution in [1.82, 2.24) is 5.32 Å². The van der Waals surface area contributed by atoms with Crippen LogP contribution < -0.4 is 15.0 Å². The van der Waals surface area contributed by atoms with Gasteiger partial charge in [-0.15, -0.1) is 12.4 Å².